The van der Waals surface area contributed by atoms with E-state index in [-0.39, 0.29) is 0 Å². The number of unbranched alkanes of at least 4 members (excludes halogenated alkanes) is 3. The first-order chi connectivity index (χ1) is 10.1. The number of phenolic OH excluding ortho intramolecular Hbond substituents is 2. The molecule has 0 fully saturated rings. The molecule has 1 aromatic rings. The predicted molar refractivity (Wildman–Crippen MR) is 90.3 cm³/mol. The fourth-order valence-electron chi connectivity index (χ4n) is 2.92. The van der Waals surface area contributed by atoms with Gasteiger partial charge in [0.1, 0.15) is 11.5 Å². The standard InChI is InChI=1S/C19H32O2/c1-5-8-11-15-14(4)18(20)16(12-9-6-2)17(19(15)21)13-10-7-3/h20-21H,5-13H2,1-4H3. The SMILES string of the molecule is CCCCc1c(C)c(O)c(CCCC)c(CCCC)c1O. The molecule has 0 atom stereocenters. The minimum Gasteiger partial charge on any atom is -0.507 e. The fraction of sp³-hybridized carbons (Fsp3) is 0.684. The van der Waals surface area contributed by atoms with Gasteiger partial charge in [0.25, 0.3) is 0 Å². The maximum absolute atomic E-state index is 10.7. The zero-order valence-corrected chi connectivity index (χ0v) is 14.3. The first-order valence-electron chi connectivity index (χ1n) is 8.63. The molecule has 0 aliphatic carbocycles. The molecule has 120 valence electrons. The predicted octanol–water partition coefficient (Wildman–Crippen LogP) is 5.43. The number of hydrogen-bond donors (Lipinski definition) is 2. The van der Waals surface area contributed by atoms with Crippen LogP contribution in [0.1, 0.15) is 81.5 Å². The summed E-state index contributed by atoms with van der Waals surface area (Å²) in [5.74, 6) is 0.886. The van der Waals surface area contributed by atoms with Gasteiger partial charge >= 0.3 is 0 Å². The minimum absolute atomic E-state index is 0.429. The van der Waals surface area contributed by atoms with Crippen LogP contribution in [0.15, 0.2) is 0 Å². The molecule has 2 nitrogen and oxygen atoms in total. The monoisotopic (exact) mass is 292 g/mol. The molecule has 0 unspecified atom stereocenters. The van der Waals surface area contributed by atoms with E-state index in [0.29, 0.717) is 11.5 Å². The number of benzene rings is 1. The van der Waals surface area contributed by atoms with Crippen LogP contribution in [0.25, 0.3) is 0 Å². The molecule has 0 saturated carbocycles. The number of rotatable bonds is 9. The lowest BCUT2D eigenvalue weighted by Crippen LogP contribution is -2.03. The van der Waals surface area contributed by atoms with Gasteiger partial charge in [-0.25, -0.2) is 0 Å². The summed E-state index contributed by atoms with van der Waals surface area (Å²) in [6, 6.07) is 0. The van der Waals surface area contributed by atoms with Gasteiger partial charge in [-0.15, -0.1) is 0 Å². The number of phenols is 2. The molecule has 0 saturated heterocycles. The second-order valence-corrected chi connectivity index (χ2v) is 6.07. The van der Waals surface area contributed by atoms with E-state index in [9.17, 15) is 10.2 Å². The van der Waals surface area contributed by atoms with Crippen LogP contribution in [0.2, 0.25) is 0 Å². The van der Waals surface area contributed by atoms with Crippen molar-refractivity contribution in [1.29, 1.82) is 0 Å². The van der Waals surface area contributed by atoms with E-state index in [4.69, 9.17) is 0 Å². The molecular weight excluding hydrogens is 260 g/mol. The lowest BCUT2D eigenvalue weighted by atomic mass is 9.88. The van der Waals surface area contributed by atoms with Crippen molar-refractivity contribution in [1.82, 2.24) is 0 Å². The molecule has 0 bridgehead atoms. The summed E-state index contributed by atoms with van der Waals surface area (Å²) in [6.45, 7) is 8.42. The van der Waals surface area contributed by atoms with E-state index in [1.54, 1.807) is 0 Å². The van der Waals surface area contributed by atoms with Crippen molar-refractivity contribution in [2.75, 3.05) is 0 Å². The Labute approximate surface area is 130 Å². The first kappa shape index (κ1) is 17.9. The van der Waals surface area contributed by atoms with E-state index in [2.05, 4.69) is 20.8 Å². The van der Waals surface area contributed by atoms with Crippen molar-refractivity contribution in [3.05, 3.63) is 22.3 Å². The van der Waals surface area contributed by atoms with Gasteiger partial charge in [0.15, 0.2) is 0 Å². The minimum atomic E-state index is 0.429. The molecule has 0 heterocycles. The Kier molecular flexibility index (Phi) is 7.63. The van der Waals surface area contributed by atoms with Gasteiger partial charge in [-0.1, -0.05) is 40.0 Å². The average molecular weight is 292 g/mol. The van der Waals surface area contributed by atoms with Crippen LogP contribution in [0.5, 0.6) is 11.5 Å². The third-order valence-electron chi connectivity index (χ3n) is 4.37. The van der Waals surface area contributed by atoms with Crippen LogP contribution in [0, 0.1) is 6.92 Å². The molecule has 0 amide bonds. The highest BCUT2D eigenvalue weighted by Gasteiger charge is 2.20. The number of hydrogen-bond acceptors (Lipinski definition) is 2. The molecule has 0 radical (unpaired) electrons. The van der Waals surface area contributed by atoms with Gasteiger partial charge in [-0.3, -0.25) is 0 Å². The van der Waals surface area contributed by atoms with Gasteiger partial charge < -0.3 is 10.2 Å². The lowest BCUT2D eigenvalue weighted by molar-refractivity contribution is 0.435. The van der Waals surface area contributed by atoms with Crippen LogP contribution < -0.4 is 0 Å². The summed E-state index contributed by atoms with van der Waals surface area (Å²) < 4.78 is 0. The van der Waals surface area contributed by atoms with Crippen LogP contribution in [-0.2, 0) is 19.3 Å². The normalized spacial score (nSPS) is 11.0. The Morgan fingerprint density at radius 1 is 0.619 bits per heavy atom. The third kappa shape index (κ3) is 4.39. The van der Waals surface area contributed by atoms with Crippen LogP contribution in [-0.4, -0.2) is 10.2 Å². The average Bonchev–Trinajstić information content (AvgIpc) is 2.48. The molecule has 0 aromatic heterocycles. The quantitative estimate of drug-likeness (QED) is 0.595. The molecule has 0 aliphatic heterocycles. The zero-order valence-electron chi connectivity index (χ0n) is 14.3. The summed E-state index contributed by atoms with van der Waals surface area (Å²) >= 11 is 0. The van der Waals surface area contributed by atoms with E-state index in [1.165, 1.54) is 0 Å². The largest absolute Gasteiger partial charge is 0.507 e. The van der Waals surface area contributed by atoms with Gasteiger partial charge in [0.05, 0.1) is 0 Å². The third-order valence-corrected chi connectivity index (χ3v) is 4.37. The summed E-state index contributed by atoms with van der Waals surface area (Å²) in [5, 5.41) is 21.3. The molecule has 2 heteroatoms. The summed E-state index contributed by atoms with van der Waals surface area (Å²) in [7, 11) is 0. The summed E-state index contributed by atoms with van der Waals surface area (Å²) in [6.07, 6.45) is 9.06. The van der Waals surface area contributed by atoms with Crippen molar-refractivity contribution in [2.45, 2.75) is 85.5 Å². The zero-order chi connectivity index (χ0) is 15.8. The van der Waals surface area contributed by atoms with E-state index < -0.39 is 0 Å². The van der Waals surface area contributed by atoms with Crippen LogP contribution in [0.4, 0.5) is 0 Å². The Bertz CT molecular complexity index is 450. The second kappa shape index (κ2) is 8.96. The molecule has 0 spiro atoms. The van der Waals surface area contributed by atoms with Crippen molar-refractivity contribution in [2.24, 2.45) is 0 Å². The van der Waals surface area contributed by atoms with Gasteiger partial charge in [-0.05, 0) is 51.0 Å². The van der Waals surface area contributed by atoms with Gasteiger partial charge in [-0.2, -0.15) is 0 Å². The molecular formula is C19H32O2. The second-order valence-electron chi connectivity index (χ2n) is 6.07. The van der Waals surface area contributed by atoms with Crippen molar-refractivity contribution in [3.8, 4) is 11.5 Å². The van der Waals surface area contributed by atoms with Crippen LogP contribution in [0.3, 0.4) is 0 Å². The highest BCUT2D eigenvalue weighted by atomic mass is 16.3. The smallest absolute Gasteiger partial charge is 0.122 e. The first-order valence-corrected chi connectivity index (χ1v) is 8.63. The van der Waals surface area contributed by atoms with Crippen molar-refractivity contribution in [3.63, 3.8) is 0 Å². The highest BCUT2D eigenvalue weighted by molar-refractivity contribution is 5.58. The van der Waals surface area contributed by atoms with Crippen molar-refractivity contribution < 1.29 is 10.2 Å². The van der Waals surface area contributed by atoms with E-state index in [1.807, 2.05) is 6.92 Å². The van der Waals surface area contributed by atoms with Crippen molar-refractivity contribution >= 4 is 0 Å². The fourth-order valence-corrected chi connectivity index (χ4v) is 2.92. The van der Waals surface area contributed by atoms with Gasteiger partial charge in [0, 0.05) is 16.7 Å². The molecule has 21 heavy (non-hydrogen) atoms. The van der Waals surface area contributed by atoms with Crippen LogP contribution >= 0.6 is 0 Å². The lowest BCUT2D eigenvalue weighted by Gasteiger charge is -2.20. The maximum Gasteiger partial charge on any atom is 0.122 e. The van der Waals surface area contributed by atoms with E-state index >= 15 is 0 Å². The maximum atomic E-state index is 10.7. The Balaban J connectivity index is 3.27. The Morgan fingerprint density at radius 2 is 1.00 bits per heavy atom. The summed E-state index contributed by atoms with van der Waals surface area (Å²) in [4.78, 5) is 0. The molecule has 1 rings (SSSR count). The molecule has 1 aromatic carbocycles. The van der Waals surface area contributed by atoms with E-state index in [0.717, 1.165) is 80.0 Å². The molecule has 0 aliphatic rings. The Morgan fingerprint density at radius 3 is 1.43 bits per heavy atom. The number of aromatic hydroxyl groups is 2. The Hall–Kier alpha value is -1.18. The molecule has 2 N–H and O–H groups in total. The summed E-state index contributed by atoms with van der Waals surface area (Å²) in [5.41, 5.74) is 3.83. The van der Waals surface area contributed by atoms with Gasteiger partial charge in [0.2, 0.25) is 0 Å². The highest BCUT2D eigenvalue weighted by Crippen LogP contribution is 2.39. The topological polar surface area (TPSA) is 40.5 Å².